The minimum atomic E-state index is -0.330. The second kappa shape index (κ2) is 9.71. The van der Waals surface area contributed by atoms with E-state index in [0.29, 0.717) is 35.9 Å². The SMILES string of the molecule is CN(C)CCN(Cc1ccc(F)cc1)C(=O)Cc1csc(-c2ccccc2F)n1. The summed E-state index contributed by atoms with van der Waals surface area (Å²) in [6.07, 6.45) is 0.138. The maximum absolute atomic E-state index is 14.0. The Kier molecular flexibility index (Phi) is 7.06. The first kappa shape index (κ1) is 21.1. The Labute approximate surface area is 173 Å². The van der Waals surface area contributed by atoms with E-state index in [1.807, 2.05) is 19.0 Å². The van der Waals surface area contributed by atoms with Gasteiger partial charge < -0.3 is 9.80 Å². The Morgan fingerprint density at radius 2 is 1.76 bits per heavy atom. The molecule has 7 heteroatoms. The van der Waals surface area contributed by atoms with Gasteiger partial charge in [-0.2, -0.15) is 0 Å². The summed E-state index contributed by atoms with van der Waals surface area (Å²) in [5.41, 5.74) is 1.92. The highest BCUT2D eigenvalue weighted by Gasteiger charge is 2.17. The van der Waals surface area contributed by atoms with Crippen LogP contribution in [0.1, 0.15) is 11.3 Å². The summed E-state index contributed by atoms with van der Waals surface area (Å²) in [4.78, 5) is 21.1. The third kappa shape index (κ3) is 5.92. The first-order valence-electron chi connectivity index (χ1n) is 9.28. The Hall–Kier alpha value is -2.64. The number of benzene rings is 2. The maximum atomic E-state index is 14.0. The van der Waals surface area contributed by atoms with E-state index in [2.05, 4.69) is 4.98 Å². The summed E-state index contributed by atoms with van der Waals surface area (Å²) in [7, 11) is 3.89. The van der Waals surface area contributed by atoms with Crippen LogP contribution in [-0.4, -0.2) is 47.9 Å². The number of halogens is 2. The standard InChI is InChI=1S/C22H23F2N3OS/c1-26(2)11-12-27(14-16-7-9-17(23)10-8-16)21(28)13-18-15-29-22(25-18)19-5-3-4-6-20(19)24/h3-10,15H,11-14H2,1-2H3. The number of likely N-dealkylation sites (N-methyl/N-ethyl adjacent to an activating group) is 1. The third-order valence-electron chi connectivity index (χ3n) is 4.44. The van der Waals surface area contributed by atoms with Gasteiger partial charge in [-0.1, -0.05) is 24.3 Å². The lowest BCUT2D eigenvalue weighted by Gasteiger charge is -2.24. The molecule has 1 aromatic heterocycles. The highest BCUT2D eigenvalue weighted by atomic mass is 32.1. The van der Waals surface area contributed by atoms with Crippen LogP contribution in [0, 0.1) is 11.6 Å². The number of hydrogen-bond acceptors (Lipinski definition) is 4. The molecule has 2 aromatic carbocycles. The van der Waals surface area contributed by atoms with E-state index in [1.165, 1.54) is 29.5 Å². The third-order valence-corrected chi connectivity index (χ3v) is 5.37. The van der Waals surface area contributed by atoms with Gasteiger partial charge in [0.2, 0.25) is 5.91 Å². The molecule has 0 radical (unpaired) electrons. The molecular formula is C22H23F2N3OS. The maximum Gasteiger partial charge on any atom is 0.228 e. The number of thiazole rings is 1. The predicted octanol–water partition coefficient (Wildman–Crippen LogP) is 4.22. The molecule has 0 bridgehead atoms. The molecule has 3 aromatic rings. The summed E-state index contributed by atoms with van der Waals surface area (Å²) in [6.45, 7) is 1.66. The van der Waals surface area contributed by atoms with Gasteiger partial charge in [0.25, 0.3) is 0 Å². The molecule has 152 valence electrons. The molecule has 0 aliphatic rings. The van der Waals surface area contributed by atoms with E-state index >= 15 is 0 Å². The molecule has 0 saturated carbocycles. The Bertz CT molecular complexity index is 957. The van der Waals surface area contributed by atoms with E-state index in [1.54, 1.807) is 40.6 Å². The monoisotopic (exact) mass is 415 g/mol. The van der Waals surface area contributed by atoms with Crippen molar-refractivity contribution in [3.63, 3.8) is 0 Å². The van der Waals surface area contributed by atoms with Gasteiger partial charge in [-0.3, -0.25) is 4.79 Å². The number of amides is 1. The zero-order chi connectivity index (χ0) is 20.8. The van der Waals surface area contributed by atoms with Gasteiger partial charge in [-0.25, -0.2) is 13.8 Å². The lowest BCUT2D eigenvalue weighted by molar-refractivity contribution is -0.131. The number of aromatic nitrogens is 1. The van der Waals surface area contributed by atoms with Gasteiger partial charge in [0, 0.05) is 30.6 Å². The molecule has 0 saturated heterocycles. The van der Waals surface area contributed by atoms with Crippen molar-refractivity contribution in [3.05, 3.63) is 76.8 Å². The van der Waals surface area contributed by atoms with E-state index in [0.717, 1.165) is 5.56 Å². The fourth-order valence-electron chi connectivity index (χ4n) is 2.84. The fraction of sp³-hybridized carbons (Fsp3) is 0.273. The molecule has 1 amide bonds. The van der Waals surface area contributed by atoms with E-state index in [4.69, 9.17) is 0 Å². The number of carbonyl (C=O) groups excluding carboxylic acids is 1. The Morgan fingerprint density at radius 1 is 1.03 bits per heavy atom. The normalized spacial score (nSPS) is 11.1. The van der Waals surface area contributed by atoms with Crippen molar-refractivity contribution in [1.29, 1.82) is 0 Å². The molecular weight excluding hydrogens is 392 g/mol. The first-order valence-corrected chi connectivity index (χ1v) is 10.2. The first-order chi connectivity index (χ1) is 13.9. The van der Waals surface area contributed by atoms with Crippen molar-refractivity contribution >= 4 is 17.2 Å². The van der Waals surface area contributed by atoms with E-state index < -0.39 is 0 Å². The summed E-state index contributed by atoms with van der Waals surface area (Å²) >= 11 is 1.32. The molecule has 0 atom stereocenters. The molecule has 0 aliphatic heterocycles. The lowest BCUT2D eigenvalue weighted by Crippen LogP contribution is -2.37. The zero-order valence-corrected chi connectivity index (χ0v) is 17.3. The molecule has 1 heterocycles. The Balaban J connectivity index is 1.72. The molecule has 0 aliphatic carbocycles. The van der Waals surface area contributed by atoms with Crippen molar-refractivity contribution in [2.75, 3.05) is 27.2 Å². The number of nitrogens with zero attached hydrogens (tertiary/aromatic N) is 3. The minimum Gasteiger partial charge on any atom is -0.337 e. The van der Waals surface area contributed by atoms with Crippen molar-refractivity contribution < 1.29 is 13.6 Å². The van der Waals surface area contributed by atoms with Crippen LogP contribution in [0.3, 0.4) is 0 Å². The van der Waals surface area contributed by atoms with Gasteiger partial charge in [-0.05, 0) is 43.9 Å². The Morgan fingerprint density at radius 3 is 2.45 bits per heavy atom. The van der Waals surface area contributed by atoms with Gasteiger partial charge in [-0.15, -0.1) is 11.3 Å². The highest BCUT2D eigenvalue weighted by Crippen LogP contribution is 2.26. The second-order valence-corrected chi connectivity index (χ2v) is 7.90. The molecule has 0 N–H and O–H groups in total. The summed E-state index contributed by atoms with van der Waals surface area (Å²) in [5, 5.41) is 2.35. The average Bonchev–Trinajstić information content (AvgIpc) is 3.15. The second-order valence-electron chi connectivity index (χ2n) is 7.05. The van der Waals surface area contributed by atoms with Gasteiger partial charge in [0.1, 0.15) is 16.6 Å². The molecule has 0 fully saturated rings. The lowest BCUT2D eigenvalue weighted by atomic mass is 10.2. The van der Waals surface area contributed by atoms with Crippen molar-refractivity contribution in [3.8, 4) is 10.6 Å². The minimum absolute atomic E-state index is 0.0680. The van der Waals surface area contributed by atoms with Crippen molar-refractivity contribution in [2.45, 2.75) is 13.0 Å². The van der Waals surface area contributed by atoms with Gasteiger partial charge in [0.05, 0.1) is 12.1 Å². The number of carbonyl (C=O) groups is 1. The van der Waals surface area contributed by atoms with Crippen molar-refractivity contribution in [2.24, 2.45) is 0 Å². The topological polar surface area (TPSA) is 36.4 Å². The van der Waals surface area contributed by atoms with Crippen LogP contribution in [0.2, 0.25) is 0 Å². The average molecular weight is 416 g/mol. The quantitative estimate of drug-likeness (QED) is 0.553. The van der Waals surface area contributed by atoms with Crippen LogP contribution < -0.4 is 0 Å². The number of rotatable bonds is 8. The molecule has 0 spiro atoms. The predicted molar refractivity (Wildman–Crippen MR) is 112 cm³/mol. The van der Waals surface area contributed by atoms with Gasteiger partial charge in [0.15, 0.2) is 0 Å². The fourth-order valence-corrected chi connectivity index (χ4v) is 3.68. The van der Waals surface area contributed by atoms with E-state index in [9.17, 15) is 13.6 Å². The van der Waals surface area contributed by atoms with Crippen LogP contribution in [0.4, 0.5) is 8.78 Å². The van der Waals surface area contributed by atoms with Gasteiger partial charge >= 0.3 is 0 Å². The summed E-state index contributed by atoms with van der Waals surface area (Å²) in [6, 6.07) is 12.6. The van der Waals surface area contributed by atoms with Crippen LogP contribution in [0.25, 0.3) is 10.6 Å². The van der Waals surface area contributed by atoms with Crippen molar-refractivity contribution in [1.82, 2.24) is 14.8 Å². The highest BCUT2D eigenvalue weighted by molar-refractivity contribution is 7.13. The van der Waals surface area contributed by atoms with Crippen LogP contribution in [-0.2, 0) is 17.8 Å². The van der Waals surface area contributed by atoms with E-state index in [-0.39, 0.29) is 24.0 Å². The summed E-state index contributed by atoms with van der Waals surface area (Å²) in [5.74, 6) is -0.701. The molecule has 29 heavy (non-hydrogen) atoms. The van der Waals surface area contributed by atoms with Crippen LogP contribution in [0.15, 0.2) is 53.9 Å². The molecule has 0 unspecified atom stereocenters. The largest absolute Gasteiger partial charge is 0.337 e. The zero-order valence-electron chi connectivity index (χ0n) is 16.4. The van der Waals surface area contributed by atoms with Crippen LogP contribution in [0.5, 0.6) is 0 Å². The smallest absolute Gasteiger partial charge is 0.228 e. The van der Waals surface area contributed by atoms with Crippen LogP contribution >= 0.6 is 11.3 Å². The molecule has 4 nitrogen and oxygen atoms in total. The number of hydrogen-bond donors (Lipinski definition) is 0. The summed E-state index contributed by atoms with van der Waals surface area (Å²) < 4.78 is 27.2. The molecule has 3 rings (SSSR count).